The number of nitrogens with zero attached hydrogens (tertiary/aromatic N) is 2. The molecule has 20 heavy (non-hydrogen) atoms. The van der Waals surface area contributed by atoms with Crippen LogP contribution in [0.2, 0.25) is 0 Å². The minimum Gasteiger partial charge on any atom is -0.398 e. The number of anilines is 1. The van der Waals surface area contributed by atoms with Gasteiger partial charge in [0.2, 0.25) is 10.0 Å². The molecule has 0 aliphatic rings. The molecular weight excluding hydrogens is 276 g/mol. The molecule has 0 amide bonds. The molecule has 0 saturated carbocycles. The minimum absolute atomic E-state index is 0.182. The SMILES string of the molecule is Cc1cc(S(=O)(=O)NCc2cnn(C)c2)cc(N)c1C. The Balaban J connectivity index is 2.22. The van der Waals surface area contributed by atoms with E-state index in [0.717, 1.165) is 16.7 Å². The van der Waals surface area contributed by atoms with E-state index >= 15 is 0 Å². The van der Waals surface area contributed by atoms with E-state index in [1.165, 1.54) is 6.07 Å². The second-order valence-corrected chi connectivity index (χ2v) is 6.57. The van der Waals surface area contributed by atoms with E-state index in [9.17, 15) is 8.42 Å². The van der Waals surface area contributed by atoms with Gasteiger partial charge in [0.05, 0.1) is 11.1 Å². The van der Waals surface area contributed by atoms with Crippen LogP contribution in [0.25, 0.3) is 0 Å². The summed E-state index contributed by atoms with van der Waals surface area (Å²) in [5.74, 6) is 0. The highest BCUT2D eigenvalue weighted by molar-refractivity contribution is 7.89. The summed E-state index contributed by atoms with van der Waals surface area (Å²) in [7, 11) is -1.80. The summed E-state index contributed by atoms with van der Waals surface area (Å²) >= 11 is 0. The van der Waals surface area contributed by atoms with Crippen LogP contribution in [0.5, 0.6) is 0 Å². The molecule has 0 aliphatic heterocycles. The maximum absolute atomic E-state index is 12.2. The molecule has 108 valence electrons. The Morgan fingerprint density at radius 1 is 1.35 bits per heavy atom. The first-order valence-electron chi connectivity index (χ1n) is 6.13. The predicted molar refractivity (Wildman–Crippen MR) is 77.6 cm³/mol. The largest absolute Gasteiger partial charge is 0.398 e. The lowest BCUT2D eigenvalue weighted by Gasteiger charge is -2.10. The molecule has 1 aromatic heterocycles. The zero-order valence-corrected chi connectivity index (χ0v) is 12.5. The molecule has 0 spiro atoms. The highest BCUT2D eigenvalue weighted by Gasteiger charge is 2.16. The van der Waals surface area contributed by atoms with Crippen molar-refractivity contribution in [1.29, 1.82) is 0 Å². The molecule has 2 aromatic rings. The van der Waals surface area contributed by atoms with Crippen molar-refractivity contribution in [3.05, 3.63) is 41.2 Å². The third kappa shape index (κ3) is 3.00. The molecule has 0 atom stereocenters. The second kappa shape index (κ2) is 5.26. The smallest absolute Gasteiger partial charge is 0.240 e. The lowest BCUT2D eigenvalue weighted by molar-refractivity contribution is 0.581. The van der Waals surface area contributed by atoms with Crippen molar-refractivity contribution in [2.45, 2.75) is 25.3 Å². The second-order valence-electron chi connectivity index (χ2n) is 4.80. The molecular formula is C13H18N4O2S. The number of benzene rings is 1. The van der Waals surface area contributed by atoms with E-state index in [0.29, 0.717) is 5.69 Å². The fourth-order valence-corrected chi connectivity index (χ4v) is 2.97. The van der Waals surface area contributed by atoms with E-state index in [1.54, 1.807) is 30.2 Å². The van der Waals surface area contributed by atoms with E-state index < -0.39 is 10.0 Å². The number of aromatic nitrogens is 2. The lowest BCUT2D eigenvalue weighted by Crippen LogP contribution is -2.23. The van der Waals surface area contributed by atoms with Crippen molar-refractivity contribution in [3.63, 3.8) is 0 Å². The lowest BCUT2D eigenvalue weighted by atomic mass is 10.1. The Bertz CT molecular complexity index is 712. The number of nitrogen functional groups attached to an aromatic ring is 1. The van der Waals surface area contributed by atoms with Gasteiger partial charge in [0, 0.05) is 31.0 Å². The molecule has 0 saturated heterocycles. The van der Waals surface area contributed by atoms with Crippen LogP contribution in [0, 0.1) is 13.8 Å². The number of nitrogens with two attached hydrogens (primary N) is 1. The summed E-state index contributed by atoms with van der Waals surface area (Å²) in [5.41, 5.74) is 8.85. The van der Waals surface area contributed by atoms with Crippen LogP contribution in [0.15, 0.2) is 29.4 Å². The normalized spacial score (nSPS) is 11.8. The van der Waals surface area contributed by atoms with Gasteiger partial charge in [0.1, 0.15) is 0 Å². The maximum atomic E-state index is 12.2. The average Bonchev–Trinajstić information content (AvgIpc) is 2.79. The highest BCUT2D eigenvalue weighted by Crippen LogP contribution is 2.21. The molecule has 0 radical (unpaired) electrons. The van der Waals surface area contributed by atoms with E-state index in [1.807, 2.05) is 13.8 Å². The van der Waals surface area contributed by atoms with Gasteiger partial charge in [-0.3, -0.25) is 4.68 Å². The molecule has 2 rings (SSSR count). The van der Waals surface area contributed by atoms with Crippen LogP contribution in [0.3, 0.4) is 0 Å². The first-order valence-corrected chi connectivity index (χ1v) is 7.62. The number of hydrogen-bond donors (Lipinski definition) is 2. The van der Waals surface area contributed by atoms with Crippen LogP contribution in [-0.2, 0) is 23.6 Å². The van der Waals surface area contributed by atoms with Crippen LogP contribution < -0.4 is 10.5 Å². The fourth-order valence-electron chi connectivity index (χ4n) is 1.83. The number of hydrogen-bond acceptors (Lipinski definition) is 4. The number of aryl methyl sites for hydroxylation is 2. The molecule has 6 nitrogen and oxygen atoms in total. The summed E-state index contributed by atoms with van der Waals surface area (Å²) in [4.78, 5) is 0.182. The monoisotopic (exact) mass is 294 g/mol. The zero-order chi connectivity index (χ0) is 14.9. The molecule has 0 aliphatic carbocycles. The van der Waals surface area contributed by atoms with Gasteiger partial charge in [0.25, 0.3) is 0 Å². The first kappa shape index (κ1) is 14.5. The number of nitrogens with one attached hydrogen (secondary N) is 1. The molecule has 0 unspecified atom stereocenters. The third-order valence-corrected chi connectivity index (χ3v) is 4.60. The minimum atomic E-state index is -3.58. The van der Waals surface area contributed by atoms with E-state index in [-0.39, 0.29) is 11.4 Å². The Kier molecular flexibility index (Phi) is 3.82. The van der Waals surface area contributed by atoms with Gasteiger partial charge in [0.15, 0.2) is 0 Å². The fraction of sp³-hybridized carbons (Fsp3) is 0.308. The summed E-state index contributed by atoms with van der Waals surface area (Å²) in [6.45, 7) is 3.90. The van der Waals surface area contributed by atoms with Gasteiger partial charge in [-0.05, 0) is 37.1 Å². The van der Waals surface area contributed by atoms with Crippen LogP contribution >= 0.6 is 0 Å². The van der Waals surface area contributed by atoms with Crippen molar-refractivity contribution in [2.24, 2.45) is 7.05 Å². The zero-order valence-electron chi connectivity index (χ0n) is 11.7. The molecule has 0 bridgehead atoms. The van der Waals surface area contributed by atoms with Gasteiger partial charge in [-0.2, -0.15) is 5.10 Å². The number of rotatable bonds is 4. The summed E-state index contributed by atoms with van der Waals surface area (Å²) < 4.78 is 28.6. The molecule has 1 heterocycles. The van der Waals surface area contributed by atoms with E-state index in [4.69, 9.17) is 5.73 Å². The van der Waals surface area contributed by atoms with Crippen molar-refractivity contribution in [1.82, 2.24) is 14.5 Å². The summed E-state index contributed by atoms with van der Waals surface area (Å²) in [6, 6.07) is 3.10. The molecule has 1 aromatic carbocycles. The van der Waals surface area contributed by atoms with Crippen LogP contribution in [0.4, 0.5) is 5.69 Å². The molecule has 0 fully saturated rings. The Labute approximate surface area is 118 Å². The quantitative estimate of drug-likeness (QED) is 0.826. The van der Waals surface area contributed by atoms with Gasteiger partial charge < -0.3 is 5.73 Å². The highest BCUT2D eigenvalue weighted by atomic mass is 32.2. The van der Waals surface area contributed by atoms with Gasteiger partial charge in [-0.1, -0.05) is 0 Å². The van der Waals surface area contributed by atoms with Gasteiger partial charge in [-0.25, -0.2) is 13.1 Å². The Hall–Kier alpha value is -1.86. The van der Waals surface area contributed by atoms with Crippen molar-refractivity contribution >= 4 is 15.7 Å². The predicted octanol–water partition coefficient (Wildman–Crippen LogP) is 1.10. The van der Waals surface area contributed by atoms with Crippen molar-refractivity contribution in [3.8, 4) is 0 Å². The van der Waals surface area contributed by atoms with E-state index in [2.05, 4.69) is 9.82 Å². The Morgan fingerprint density at radius 2 is 2.05 bits per heavy atom. The average molecular weight is 294 g/mol. The van der Waals surface area contributed by atoms with Gasteiger partial charge >= 0.3 is 0 Å². The first-order chi connectivity index (χ1) is 9.29. The van der Waals surface area contributed by atoms with Crippen molar-refractivity contribution in [2.75, 3.05) is 5.73 Å². The van der Waals surface area contributed by atoms with Crippen LogP contribution in [-0.4, -0.2) is 18.2 Å². The number of sulfonamides is 1. The standard InChI is InChI=1S/C13H18N4O2S/c1-9-4-12(5-13(14)10(9)2)20(18,19)16-7-11-6-15-17(3)8-11/h4-6,8,16H,7,14H2,1-3H3. The van der Waals surface area contributed by atoms with Crippen LogP contribution in [0.1, 0.15) is 16.7 Å². The summed E-state index contributed by atoms with van der Waals surface area (Å²) in [6.07, 6.45) is 3.38. The summed E-state index contributed by atoms with van der Waals surface area (Å²) in [5, 5.41) is 3.99. The Morgan fingerprint density at radius 3 is 2.60 bits per heavy atom. The van der Waals surface area contributed by atoms with Crippen molar-refractivity contribution < 1.29 is 8.42 Å². The molecule has 3 N–H and O–H groups in total. The topological polar surface area (TPSA) is 90.0 Å². The van der Waals surface area contributed by atoms with Gasteiger partial charge in [-0.15, -0.1) is 0 Å². The molecule has 7 heteroatoms. The maximum Gasteiger partial charge on any atom is 0.240 e. The third-order valence-electron chi connectivity index (χ3n) is 3.22.